The molecule has 0 atom stereocenters. The topological polar surface area (TPSA) is 23.0 Å². The van der Waals surface area contributed by atoms with Gasteiger partial charge in [0.2, 0.25) is 0 Å². The molecule has 3 heteroatoms. The molecule has 3 nitrogen and oxygen atoms in total. The largest absolute Gasteiger partial charge is 0.456 e. The minimum absolute atomic E-state index is 0.0460. The van der Waals surface area contributed by atoms with E-state index in [1.807, 2.05) is 95.6 Å². The summed E-state index contributed by atoms with van der Waals surface area (Å²) < 4.78 is 82.3. The average molecular weight is 735 g/mol. The molecular weight excluding hydrogens is 693 g/mol. The van der Waals surface area contributed by atoms with E-state index in [0.29, 0.717) is 49.8 Å². The van der Waals surface area contributed by atoms with Gasteiger partial charge in [-0.25, -0.2) is 0 Å². The van der Waals surface area contributed by atoms with Crippen LogP contribution in [-0.4, -0.2) is 9.13 Å². The Morgan fingerprint density at radius 3 is 1.86 bits per heavy atom. The molecular formula is C54H34N2O. The number of fused-ring (bicyclic) bond motifs is 9. The molecule has 12 aromatic rings. The molecule has 0 bridgehead atoms. The molecule has 0 aliphatic carbocycles. The molecule has 57 heavy (non-hydrogen) atoms. The highest BCUT2D eigenvalue weighted by atomic mass is 16.3. The van der Waals surface area contributed by atoms with Gasteiger partial charge in [-0.15, -0.1) is 0 Å². The Hall–Kier alpha value is -7.62. The lowest BCUT2D eigenvalue weighted by Gasteiger charge is -2.10. The van der Waals surface area contributed by atoms with Crippen molar-refractivity contribution in [2.75, 3.05) is 0 Å². The van der Waals surface area contributed by atoms with Crippen LogP contribution in [0.3, 0.4) is 0 Å². The van der Waals surface area contributed by atoms with Crippen molar-refractivity contribution in [3.05, 3.63) is 206 Å². The zero-order valence-corrected chi connectivity index (χ0v) is 30.3. The van der Waals surface area contributed by atoms with Crippen molar-refractivity contribution < 1.29 is 15.4 Å². The Balaban J connectivity index is 1.10. The summed E-state index contributed by atoms with van der Waals surface area (Å²) in [5, 5.41) is 4.78. The molecule has 3 heterocycles. The number of para-hydroxylation sites is 2. The van der Waals surface area contributed by atoms with Crippen LogP contribution in [0.25, 0.3) is 110 Å². The summed E-state index contributed by atoms with van der Waals surface area (Å²) in [6, 6.07) is 49.5. The summed E-state index contributed by atoms with van der Waals surface area (Å²) in [5.41, 5.74) is 9.55. The van der Waals surface area contributed by atoms with E-state index in [-0.39, 0.29) is 35.8 Å². The van der Waals surface area contributed by atoms with Gasteiger partial charge in [0.15, 0.2) is 0 Å². The third-order valence-electron chi connectivity index (χ3n) is 11.1. The number of hydrogen-bond donors (Lipinski definition) is 0. The Kier molecular flexibility index (Phi) is 5.40. The molecule has 0 saturated carbocycles. The van der Waals surface area contributed by atoms with Crippen molar-refractivity contribution in [1.29, 1.82) is 0 Å². The zero-order valence-electron chi connectivity index (χ0n) is 38.3. The lowest BCUT2D eigenvalue weighted by atomic mass is 9.99. The summed E-state index contributed by atoms with van der Waals surface area (Å²) >= 11 is 0. The van der Waals surface area contributed by atoms with Crippen LogP contribution in [0.5, 0.6) is 0 Å². The number of benzene rings is 9. The minimum Gasteiger partial charge on any atom is -0.456 e. The fourth-order valence-electron chi connectivity index (χ4n) is 8.47. The first-order valence-corrected chi connectivity index (χ1v) is 18.9. The molecule has 9 aromatic carbocycles. The maximum absolute atomic E-state index is 9.99. The summed E-state index contributed by atoms with van der Waals surface area (Å²) in [5.74, 6) is 0. The van der Waals surface area contributed by atoms with Gasteiger partial charge < -0.3 is 13.6 Å². The molecule has 0 amide bonds. The zero-order chi connectivity index (χ0) is 44.4. The monoisotopic (exact) mass is 734 g/mol. The van der Waals surface area contributed by atoms with Gasteiger partial charge in [-0.05, 0) is 106 Å². The second-order valence-corrected chi connectivity index (χ2v) is 14.3. The smallest absolute Gasteiger partial charge is 0.135 e. The van der Waals surface area contributed by atoms with Crippen molar-refractivity contribution in [3.63, 3.8) is 0 Å². The van der Waals surface area contributed by atoms with E-state index in [9.17, 15) is 4.11 Å². The number of nitrogens with zero attached hydrogens (tertiary/aromatic N) is 2. The van der Waals surface area contributed by atoms with Crippen LogP contribution >= 0.6 is 0 Å². The Morgan fingerprint density at radius 2 is 0.982 bits per heavy atom. The van der Waals surface area contributed by atoms with Crippen molar-refractivity contribution in [3.8, 4) is 44.8 Å². The third kappa shape index (κ3) is 4.99. The number of furan rings is 1. The summed E-state index contributed by atoms with van der Waals surface area (Å²) in [4.78, 5) is 0. The second kappa shape index (κ2) is 12.5. The molecule has 0 unspecified atom stereocenters. The Morgan fingerprint density at radius 1 is 0.333 bits per heavy atom. The molecule has 0 fully saturated rings. The van der Waals surface area contributed by atoms with E-state index in [1.54, 1.807) is 18.2 Å². The van der Waals surface area contributed by atoms with Gasteiger partial charge in [0, 0.05) is 43.7 Å². The fourth-order valence-corrected chi connectivity index (χ4v) is 8.47. The van der Waals surface area contributed by atoms with E-state index in [2.05, 4.69) is 53.1 Å². The van der Waals surface area contributed by atoms with E-state index in [4.69, 9.17) is 11.3 Å². The van der Waals surface area contributed by atoms with E-state index in [1.165, 1.54) is 0 Å². The molecule has 0 radical (unpaired) electrons. The van der Waals surface area contributed by atoms with Crippen molar-refractivity contribution in [2.24, 2.45) is 0 Å². The highest BCUT2D eigenvalue weighted by Gasteiger charge is 2.18. The lowest BCUT2D eigenvalue weighted by Crippen LogP contribution is -1.94. The predicted molar refractivity (Wildman–Crippen MR) is 239 cm³/mol. The van der Waals surface area contributed by atoms with Crippen molar-refractivity contribution >= 4 is 65.6 Å². The Bertz CT molecular complexity index is 3950. The van der Waals surface area contributed by atoms with Gasteiger partial charge in [0.05, 0.1) is 33.0 Å². The molecule has 0 N–H and O–H groups in total. The first kappa shape index (κ1) is 24.7. The molecule has 0 saturated heterocycles. The van der Waals surface area contributed by atoms with E-state index < -0.39 is 18.1 Å². The van der Waals surface area contributed by atoms with Crippen LogP contribution in [0.1, 0.15) is 11.0 Å². The molecule has 12 rings (SSSR count). The number of hydrogen-bond acceptors (Lipinski definition) is 1. The molecule has 0 aliphatic rings. The number of rotatable bonds is 5. The van der Waals surface area contributed by atoms with Crippen LogP contribution in [-0.2, 0) is 0 Å². The predicted octanol–water partition coefficient (Wildman–Crippen LogP) is 14.8. The van der Waals surface area contributed by atoms with Gasteiger partial charge in [-0.1, -0.05) is 133 Å². The SMILES string of the molecule is [2H]c1c([2H])c([2H])c(-c2ccc3c4c([2H])c(-c5ccc6c(c5)c5ccccc5n6-c5ccc(-c6ccccc6)cc5)c([2H])c([2H])c4n(-c4ccc5oc6ccccc6c5c4)c3c2)c([2H])c1[2H]. The Labute approximate surface area is 340 Å². The highest BCUT2D eigenvalue weighted by Crippen LogP contribution is 2.40. The van der Waals surface area contributed by atoms with Gasteiger partial charge in [-0.3, -0.25) is 0 Å². The van der Waals surface area contributed by atoms with E-state index >= 15 is 0 Å². The third-order valence-corrected chi connectivity index (χ3v) is 11.1. The lowest BCUT2D eigenvalue weighted by molar-refractivity contribution is 0.669. The standard InChI is InChI=1S/C54H34N2O/c1-3-11-35(12-4-1)37-19-24-41(25-20-37)55-49-17-9-7-15-43(49)46-31-38(22-28-50(46)55)39-23-29-51-47(32-39)44-27-21-40(36-13-5-2-6-14-36)33-52(44)56(51)42-26-30-54-48(34-42)45-16-8-10-18-53(45)57-54/h1-34H/i2D,5D,6D,13D,14D,23D,29D,32D. The second-order valence-electron chi connectivity index (χ2n) is 14.3. The average Bonchev–Trinajstić information content (AvgIpc) is 4.00. The van der Waals surface area contributed by atoms with Gasteiger partial charge in [-0.2, -0.15) is 0 Å². The summed E-state index contributed by atoms with van der Waals surface area (Å²) in [6.45, 7) is 0. The van der Waals surface area contributed by atoms with Gasteiger partial charge in [0.25, 0.3) is 0 Å². The molecule has 3 aromatic heterocycles. The van der Waals surface area contributed by atoms with Crippen LogP contribution < -0.4 is 0 Å². The maximum Gasteiger partial charge on any atom is 0.135 e. The summed E-state index contributed by atoms with van der Waals surface area (Å²) in [7, 11) is 0. The summed E-state index contributed by atoms with van der Waals surface area (Å²) in [6.07, 6.45) is 0. The molecule has 0 spiro atoms. The van der Waals surface area contributed by atoms with E-state index in [0.717, 1.165) is 55.0 Å². The van der Waals surface area contributed by atoms with Gasteiger partial charge >= 0.3 is 0 Å². The van der Waals surface area contributed by atoms with Crippen LogP contribution in [0.2, 0.25) is 0 Å². The first-order chi connectivity index (χ1) is 31.6. The highest BCUT2D eigenvalue weighted by molar-refractivity contribution is 6.14. The molecule has 266 valence electrons. The van der Waals surface area contributed by atoms with Crippen molar-refractivity contribution in [1.82, 2.24) is 9.13 Å². The first-order valence-electron chi connectivity index (χ1n) is 22.9. The maximum atomic E-state index is 9.99. The van der Waals surface area contributed by atoms with Crippen LogP contribution in [0.4, 0.5) is 0 Å². The van der Waals surface area contributed by atoms with Crippen molar-refractivity contribution in [2.45, 2.75) is 0 Å². The minimum atomic E-state index is -0.479. The van der Waals surface area contributed by atoms with Crippen LogP contribution in [0.15, 0.2) is 210 Å². The van der Waals surface area contributed by atoms with Crippen LogP contribution in [0, 0.1) is 0 Å². The normalized spacial score (nSPS) is 13.8. The molecule has 0 aliphatic heterocycles. The quantitative estimate of drug-likeness (QED) is 0.173. The number of aromatic nitrogens is 2. The fraction of sp³-hybridized carbons (Fsp3) is 0. The van der Waals surface area contributed by atoms with Gasteiger partial charge in [0.1, 0.15) is 11.2 Å².